The Labute approximate surface area is 152 Å². The highest BCUT2D eigenvalue weighted by atomic mass is 32.1. The minimum Gasteiger partial charge on any atom is -0.340 e. The van der Waals surface area contributed by atoms with Crippen LogP contribution in [-0.4, -0.2) is 40.7 Å². The van der Waals surface area contributed by atoms with Crippen molar-refractivity contribution in [3.63, 3.8) is 0 Å². The van der Waals surface area contributed by atoms with Crippen molar-refractivity contribution in [2.24, 2.45) is 11.1 Å². The average molecular weight is 356 g/mol. The Balaban J connectivity index is 1.95. The molecule has 0 aliphatic carbocycles. The number of para-hydroxylation sites is 1. The minimum absolute atomic E-state index is 0.0294. The standard InChI is InChI=1S/C19H24N4OS/c1-13-15-10-16(17(24)22(4)12-19(2,3)11-20)25-18(15)23(21-13)14-8-6-5-7-9-14/h5-10H,11-12,20H2,1-4H3. The van der Waals surface area contributed by atoms with E-state index in [0.29, 0.717) is 13.1 Å². The van der Waals surface area contributed by atoms with Crippen molar-refractivity contribution in [3.05, 3.63) is 47.0 Å². The summed E-state index contributed by atoms with van der Waals surface area (Å²) in [7, 11) is 1.83. The fourth-order valence-electron chi connectivity index (χ4n) is 2.86. The quantitative estimate of drug-likeness (QED) is 0.761. The number of aryl methyl sites for hydroxylation is 1. The van der Waals surface area contributed by atoms with E-state index >= 15 is 0 Å². The van der Waals surface area contributed by atoms with Gasteiger partial charge in [0, 0.05) is 19.0 Å². The molecule has 2 heterocycles. The van der Waals surface area contributed by atoms with Gasteiger partial charge in [-0.1, -0.05) is 32.0 Å². The number of nitrogens with zero attached hydrogens (tertiary/aromatic N) is 3. The number of aromatic nitrogens is 2. The van der Waals surface area contributed by atoms with Crippen LogP contribution in [0.3, 0.4) is 0 Å². The van der Waals surface area contributed by atoms with Crippen LogP contribution in [0.5, 0.6) is 0 Å². The van der Waals surface area contributed by atoms with Crippen molar-refractivity contribution in [2.45, 2.75) is 20.8 Å². The molecule has 0 fully saturated rings. The van der Waals surface area contributed by atoms with Crippen molar-refractivity contribution in [1.29, 1.82) is 0 Å². The van der Waals surface area contributed by atoms with Crippen molar-refractivity contribution >= 4 is 27.5 Å². The van der Waals surface area contributed by atoms with E-state index in [1.54, 1.807) is 4.90 Å². The number of carbonyl (C=O) groups is 1. The highest BCUT2D eigenvalue weighted by Crippen LogP contribution is 2.31. The fraction of sp³-hybridized carbons (Fsp3) is 0.368. The van der Waals surface area contributed by atoms with Crippen molar-refractivity contribution in [2.75, 3.05) is 20.1 Å². The number of fused-ring (bicyclic) bond motifs is 1. The lowest BCUT2D eigenvalue weighted by atomic mass is 9.93. The number of carbonyl (C=O) groups excluding carboxylic acids is 1. The summed E-state index contributed by atoms with van der Waals surface area (Å²) in [6.45, 7) is 7.28. The zero-order valence-electron chi connectivity index (χ0n) is 15.1. The maximum Gasteiger partial charge on any atom is 0.263 e. The Morgan fingerprint density at radius 1 is 1.32 bits per heavy atom. The maximum absolute atomic E-state index is 12.8. The molecule has 0 saturated heterocycles. The molecule has 1 aromatic carbocycles. The highest BCUT2D eigenvalue weighted by molar-refractivity contribution is 7.20. The van der Waals surface area contributed by atoms with Gasteiger partial charge in [0.05, 0.1) is 16.3 Å². The van der Waals surface area contributed by atoms with Gasteiger partial charge in [0.25, 0.3) is 5.91 Å². The number of rotatable bonds is 5. The molecule has 2 N–H and O–H groups in total. The summed E-state index contributed by atoms with van der Waals surface area (Å²) in [6.07, 6.45) is 0. The summed E-state index contributed by atoms with van der Waals surface area (Å²) in [6, 6.07) is 11.9. The molecule has 0 aliphatic heterocycles. The first kappa shape index (κ1) is 17.6. The molecule has 0 saturated carbocycles. The van der Waals surface area contributed by atoms with Crippen LogP contribution < -0.4 is 5.73 Å². The highest BCUT2D eigenvalue weighted by Gasteiger charge is 2.24. The molecule has 1 amide bonds. The van der Waals surface area contributed by atoms with Crippen LogP contribution in [0.1, 0.15) is 29.2 Å². The molecular formula is C19H24N4OS. The first-order valence-corrected chi connectivity index (χ1v) is 9.14. The van der Waals surface area contributed by atoms with E-state index in [-0.39, 0.29) is 11.3 Å². The van der Waals surface area contributed by atoms with Gasteiger partial charge in [-0.15, -0.1) is 11.3 Å². The summed E-state index contributed by atoms with van der Waals surface area (Å²) >= 11 is 1.49. The van der Waals surface area contributed by atoms with Gasteiger partial charge in [-0.25, -0.2) is 4.68 Å². The minimum atomic E-state index is -0.0994. The number of amides is 1. The Hall–Kier alpha value is -2.18. The Kier molecular flexibility index (Phi) is 4.67. The molecule has 25 heavy (non-hydrogen) atoms. The lowest BCUT2D eigenvalue weighted by molar-refractivity contribution is 0.0745. The molecule has 6 heteroatoms. The van der Waals surface area contributed by atoms with Crippen LogP contribution in [0.4, 0.5) is 0 Å². The van der Waals surface area contributed by atoms with E-state index in [0.717, 1.165) is 26.5 Å². The molecule has 0 atom stereocenters. The smallest absolute Gasteiger partial charge is 0.263 e. The summed E-state index contributed by atoms with van der Waals surface area (Å²) in [5.74, 6) is 0.0294. The van der Waals surface area contributed by atoms with Crippen LogP contribution >= 0.6 is 11.3 Å². The number of nitrogens with two attached hydrogens (primary N) is 1. The zero-order chi connectivity index (χ0) is 18.2. The van der Waals surface area contributed by atoms with Gasteiger partial charge in [0.15, 0.2) is 0 Å². The fourth-order valence-corrected chi connectivity index (χ4v) is 4.04. The van der Waals surface area contributed by atoms with E-state index in [4.69, 9.17) is 5.73 Å². The van der Waals surface area contributed by atoms with Crippen molar-refractivity contribution in [3.8, 4) is 5.69 Å². The van der Waals surface area contributed by atoms with Crippen molar-refractivity contribution < 1.29 is 4.79 Å². The third kappa shape index (κ3) is 3.45. The molecule has 0 radical (unpaired) electrons. The first-order valence-electron chi connectivity index (χ1n) is 8.32. The number of benzene rings is 1. The number of hydrogen-bond donors (Lipinski definition) is 1. The molecule has 0 unspecified atom stereocenters. The van der Waals surface area contributed by atoms with Crippen LogP contribution in [0, 0.1) is 12.3 Å². The molecule has 132 valence electrons. The first-order chi connectivity index (χ1) is 11.8. The van der Waals surface area contributed by atoms with Gasteiger partial charge in [0.1, 0.15) is 4.83 Å². The normalized spacial score (nSPS) is 11.9. The Bertz CT molecular complexity index is 895. The van der Waals surface area contributed by atoms with Crippen LogP contribution in [0.2, 0.25) is 0 Å². The lowest BCUT2D eigenvalue weighted by Crippen LogP contribution is -2.39. The van der Waals surface area contributed by atoms with E-state index in [2.05, 4.69) is 18.9 Å². The summed E-state index contributed by atoms with van der Waals surface area (Å²) in [4.78, 5) is 16.3. The lowest BCUT2D eigenvalue weighted by Gasteiger charge is -2.28. The van der Waals surface area contributed by atoms with E-state index in [1.165, 1.54) is 11.3 Å². The maximum atomic E-state index is 12.8. The molecule has 3 aromatic rings. The van der Waals surface area contributed by atoms with Gasteiger partial charge in [0.2, 0.25) is 0 Å². The van der Waals surface area contributed by atoms with Gasteiger partial charge < -0.3 is 10.6 Å². The van der Waals surface area contributed by atoms with Crippen LogP contribution in [-0.2, 0) is 0 Å². The third-order valence-corrected chi connectivity index (χ3v) is 5.42. The predicted octanol–water partition coefficient (Wildman–Crippen LogP) is 3.45. The second-order valence-corrected chi connectivity index (χ2v) is 8.22. The van der Waals surface area contributed by atoms with E-state index in [1.807, 2.05) is 55.1 Å². The second kappa shape index (κ2) is 6.61. The van der Waals surface area contributed by atoms with Gasteiger partial charge in [-0.3, -0.25) is 4.79 Å². The monoisotopic (exact) mass is 356 g/mol. The Morgan fingerprint density at radius 3 is 2.64 bits per heavy atom. The van der Waals surface area contributed by atoms with Crippen LogP contribution in [0.15, 0.2) is 36.4 Å². The molecule has 0 spiro atoms. The Morgan fingerprint density at radius 2 is 2.00 bits per heavy atom. The molecule has 5 nitrogen and oxygen atoms in total. The van der Waals surface area contributed by atoms with E-state index in [9.17, 15) is 4.79 Å². The summed E-state index contributed by atoms with van der Waals surface area (Å²) in [5, 5.41) is 5.65. The second-order valence-electron chi connectivity index (χ2n) is 7.19. The zero-order valence-corrected chi connectivity index (χ0v) is 15.9. The summed E-state index contributed by atoms with van der Waals surface area (Å²) < 4.78 is 1.91. The summed E-state index contributed by atoms with van der Waals surface area (Å²) in [5.41, 5.74) is 7.62. The van der Waals surface area contributed by atoms with Crippen LogP contribution in [0.25, 0.3) is 15.9 Å². The van der Waals surface area contributed by atoms with Gasteiger partial charge in [-0.05, 0) is 37.1 Å². The van der Waals surface area contributed by atoms with Gasteiger partial charge in [-0.2, -0.15) is 5.10 Å². The molecule has 0 bridgehead atoms. The molecule has 2 aromatic heterocycles. The molecule has 0 aliphatic rings. The number of hydrogen-bond acceptors (Lipinski definition) is 4. The topological polar surface area (TPSA) is 64.2 Å². The van der Waals surface area contributed by atoms with E-state index < -0.39 is 0 Å². The number of thiophene rings is 1. The average Bonchev–Trinajstić information content (AvgIpc) is 3.15. The molecule has 3 rings (SSSR count). The largest absolute Gasteiger partial charge is 0.340 e. The van der Waals surface area contributed by atoms with Crippen molar-refractivity contribution in [1.82, 2.24) is 14.7 Å². The SMILES string of the molecule is Cc1nn(-c2ccccc2)c2sc(C(=O)N(C)CC(C)(C)CN)cc12. The van der Waals surface area contributed by atoms with Gasteiger partial charge >= 0.3 is 0 Å². The predicted molar refractivity (Wildman–Crippen MR) is 103 cm³/mol. The molecular weight excluding hydrogens is 332 g/mol. The third-order valence-electron chi connectivity index (χ3n) is 4.32.